The van der Waals surface area contributed by atoms with Crippen LogP contribution in [0.3, 0.4) is 0 Å². The zero-order valence-corrected chi connectivity index (χ0v) is 9.56. The predicted molar refractivity (Wildman–Crippen MR) is 58.9 cm³/mol. The van der Waals surface area contributed by atoms with Crippen LogP contribution in [0.5, 0.6) is 0 Å². The zero-order valence-electron chi connectivity index (χ0n) is 9.56. The number of hydrogen-bond donors (Lipinski definition) is 6. The summed E-state index contributed by atoms with van der Waals surface area (Å²) >= 11 is 0. The van der Waals surface area contributed by atoms with Crippen molar-refractivity contribution < 1.29 is 30.0 Å². The van der Waals surface area contributed by atoms with Gasteiger partial charge < -0.3 is 35.8 Å². The van der Waals surface area contributed by atoms with Gasteiger partial charge in [-0.2, -0.15) is 0 Å². The summed E-state index contributed by atoms with van der Waals surface area (Å²) < 4.78 is 5.16. The molecule has 1 heterocycles. The molecule has 0 aromatic rings. The van der Waals surface area contributed by atoms with Gasteiger partial charge in [0.2, 0.25) is 0 Å². The van der Waals surface area contributed by atoms with Crippen LogP contribution in [-0.4, -0.2) is 81.4 Å². The van der Waals surface area contributed by atoms with E-state index in [9.17, 15) is 15.0 Å². The van der Waals surface area contributed by atoms with E-state index in [2.05, 4.69) is 0 Å². The first-order chi connectivity index (χ1) is 8.36. The smallest absolute Gasteiger partial charge is 0.323 e. The second-order valence-corrected chi connectivity index (χ2v) is 4.04. The number of guanidine groups is 1. The number of nitrogens with one attached hydrogen (secondary N) is 1. The van der Waals surface area contributed by atoms with Crippen LogP contribution in [0.25, 0.3) is 0 Å². The van der Waals surface area contributed by atoms with Gasteiger partial charge in [-0.15, -0.1) is 0 Å². The third-order valence-corrected chi connectivity index (χ3v) is 2.71. The maximum Gasteiger partial charge on any atom is 0.323 e. The summed E-state index contributed by atoms with van der Waals surface area (Å²) in [5.74, 6) is -1.66. The lowest BCUT2D eigenvalue weighted by Crippen LogP contribution is -2.47. The number of ether oxygens (including phenoxy) is 1. The van der Waals surface area contributed by atoms with Crippen molar-refractivity contribution in [2.24, 2.45) is 5.73 Å². The number of hydrogen-bond acceptors (Lipinski definition) is 6. The molecule has 1 rings (SSSR count). The first-order valence-corrected chi connectivity index (χ1v) is 5.30. The molecule has 4 atom stereocenters. The van der Waals surface area contributed by atoms with Crippen molar-refractivity contribution in [2.75, 3.05) is 19.7 Å². The van der Waals surface area contributed by atoms with Crippen LogP contribution >= 0.6 is 0 Å². The summed E-state index contributed by atoms with van der Waals surface area (Å²) in [7, 11) is 0. The average Bonchev–Trinajstić information content (AvgIpc) is 2.55. The minimum absolute atomic E-state index is 0.156. The van der Waals surface area contributed by atoms with Gasteiger partial charge in [-0.25, -0.2) is 0 Å². The Bertz CT molecular complexity index is 325. The summed E-state index contributed by atoms with van der Waals surface area (Å²) in [6.07, 6.45) is -4.36. The third-order valence-electron chi connectivity index (χ3n) is 2.71. The van der Waals surface area contributed by atoms with Crippen molar-refractivity contribution in [2.45, 2.75) is 24.4 Å². The fourth-order valence-corrected chi connectivity index (χ4v) is 1.76. The highest BCUT2D eigenvalue weighted by Crippen LogP contribution is 2.21. The first-order valence-electron chi connectivity index (χ1n) is 5.30. The van der Waals surface area contributed by atoms with E-state index in [1.807, 2.05) is 0 Å². The zero-order chi connectivity index (χ0) is 13.9. The van der Waals surface area contributed by atoms with Crippen molar-refractivity contribution in [3.63, 3.8) is 0 Å². The van der Waals surface area contributed by atoms with E-state index in [0.29, 0.717) is 0 Å². The lowest BCUT2D eigenvalue weighted by molar-refractivity contribution is -0.137. The van der Waals surface area contributed by atoms with Crippen molar-refractivity contribution in [3.8, 4) is 0 Å². The molecule has 0 unspecified atom stereocenters. The minimum atomic E-state index is -1.27. The quantitative estimate of drug-likeness (QED) is 0.223. The average molecular weight is 263 g/mol. The van der Waals surface area contributed by atoms with Gasteiger partial charge in [0, 0.05) is 0 Å². The Labute approximate surface area is 103 Å². The summed E-state index contributed by atoms with van der Waals surface area (Å²) in [6, 6.07) is 0. The Morgan fingerprint density at radius 2 is 1.89 bits per heavy atom. The topological polar surface area (TPSA) is 160 Å². The molecular formula is C9H17N3O6. The number of carboxylic acids is 1. The minimum Gasteiger partial charge on any atom is -0.480 e. The van der Waals surface area contributed by atoms with Gasteiger partial charge in [0.25, 0.3) is 0 Å². The van der Waals surface area contributed by atoms with Crippen LogP contribution in [0.1, 0.15) is 0 Å². The number of nitrogens with two attached hydrogens (primary N) is 1. The SMILES string of the molecule is N=C(N)N(CC(=O)O)C[C@@H]1O[C@H](CO)[C@@H](O)[C@H]1O. The molecule has 0 amide bonds. The van der Waals surface area contributed by atoms with E-state index in [1.165, 1.54) is 0 Å². The molecule has 1 saturated heterocycles. The van der Waals surface area contributed by atoms with Crippen LogP contribution in [-0.2, 0) is 9.53 Å². The van der Waals surface area contributed by atoms with E-state index in [1.54, 1.807) is 0 Å². The van der Waals surface area contributed by atoms with Crippen LogP contribution in [0.4, 0.5) is 0 Å². The number of aliphatic hydroxyl groups is 3. The molecule has 0 radical (unpaired) electrons. The monoisotopic (exact) mass is 263 g/mol. The standard InChI is InChI=1S/C9H17N3O6/c10-9(11)12(2-6(14)15)1-4-7(16)8(17)5(3-13)18-4/h4-5,7-8,13,16-17H,1-3H2,(H3,10,11)(H,14,15)/t4-,5+,7-,8+/m0/s1. The van der Waals surface area contributed by atoms with Crippen molar-refractivity contribution in [3.05, 3.63) is 0 Å². The Balaban J connectivity index is 2.64. The van der Waals surface area contributed by atoms with Gasteiger partial charge in [-0.1, -0.05) is 0 Å². The molecule has 0 aromatic heterocycles. The highest BCUT2D eigenvalue weighted by molar-refractivity contribution is 5.80. The number of rotatable bonds is 5. The molecule has 1 aliphatic heterocycles. The van der Waals surface area contributed by atoms with E-state index >= 15 is 0 Å². The van der Waals surface area contributed by atoms with Gasteiger partial charge in [-0.3, -0.25) is 10.2 Å². The fourth-order valence-electron chi connectivity index (χ4n) is 1.76. The number of carboxylic acid groups (broad SMARTS) is 1. The summed E-state index contributed by atoms with van der Waals surface area (Å²) in [5.41, 5.74) is 5.21. The van der Waals surface area contributed by atoms with Gasteiger partial charge in [0.1, 0.15) is 31.0 Å². The predicted octanol–water partition coefficient (Wildman–Crippen LogP) is -3.25. The number of aliphatic carboxylic acids is 1. The highest BCUT2D eigenvalue weighted by atomic mass is 16.6. The largest absolute Gasteiger partial charge is 0.480 e. The van der Waals surface area contributed by atoms with Crippen molar-refractivity contribution in [1.82, 2.24) is 4.90 Å². The Morgan fingerprint density at radius 1 is 1.33 bits per heavy atom. The van der Waals surface area contributed by atoms with Crippen LogP contribution in [0.15, 0.2) is 0 Å². The lowest BCUT2D eigenvalue weighted by Gasteiger charge is -2.25. The molecule has 1 fully saturated rings. The molecule has 7 N–H and O–H groups in total. The molecule has 9 heteroatoms. The summed E-state index contributed by atoms with van der Waals surface area (Å²) in [5, 5.41) is 43.9. The molecular weight excluding hydrogens is 246 g/mol. The molecule has 0 aromatic carbocycles. The molecule has 0 spiro atoms. The van der Waals surface area contributed by atoms with Gasteiger partial charge in [0.05, 0.1) is 13.2 Å². The normalized spacial score (nSPS) is 31.3. The molecule has 9 nitrogen and oxygen atoms in total. The van der Waals surface area contributed by atoms with Crippen molar-refractivity contribution in [1.29, 1.82) is 5.41 Å². The van der Waals surface area contributed by atoms with E-state index in [-0.39, 0.29) is 6.54 Å². The molecule has 1 aliphatic rings. The maximum absolute atomic E-state index is 10.6. The van der Waals surface area contributed by atoms with Gasteiger partial charge >= 0.3 is 5.97 Å². The Kier molecular flexibility index (Phi) is 4.84. The van der Waals surface area contributed by atoms with Gasteiger partial charge in [0.15, 0.2) is 5.96 Å². The van der Waals surface area contributed by atoms with Crippen LogP contribution < -0.4 is 5.73 Å². The molecule has 0 aliphatic carbocycles. The van der Waals surface area contributed by atoms with E-state index in [4.69, 9.17) is 26.1 Å². The van der Waals surface area contributed by atoms with E-state index in [0.717, 1.165) is 4.90 Å². The Hall–Kier alpha value is -1.42. The van der Waals surface area contributed by atoms with Gasteiger partial charge in [-0.05, 0) is 0 Å². The molecule has 0 bridgehead atoms. The number of nitrogens with zero attached hydrogens (tertiary/aromatic N) is 1. The van der Waals surface area contributed by atoms with Crippen LogP contribution in [0.2, 0.25) is 0 Å². The summed E-state index contributed by atoms with van der Waals surface area (Å²) in [6.45, 7) is -1.13. The second kappa shape index (κ2) is 5.96. The molecule has 104 valence electrons. The first kappa shape index (κ1) is 14.6. The fraction of sp³-hybridized carbons (Fsp3) is 0.778. The third kappa shape index (κ3) is 3.29. The highest BCUT2D eigenvalue weighted by Gasteiger charge is 2.43. The second-order valence-electron chi connectivity index (χ2n) is 4.04. The molecule has 18 heavy (non-hydrogen) atoms. The Morgan fingerprint density at radius 3 is 2.28 bits per heavy atom. The van der Waals surface area contributed by atoms with Crippen molar-refractivity contribution >= 4 is 11.9 Å². The van der Waals surface area contributed by atoms with E-state index < -0.39 is 49.5 Å². The number of aliphatic hydroxyl groups excluding tert-OH is 3. The molecule has 0 saturated carbocycles. The van der Waals surface area contributed by atoms with Crippen LogP contribution in [0, 0.1) is 5.41 Å². The maximum atomic E-state index is 10.6. The lowest BCUT2D eigenvalue weighted by atomic mass is 10.1. The summed E-state index contributed by atoms with van der Waals surface area (Å²) in [4.78, 5) is 11.6. The number of carbonyl (C=O) groups is 1.